The fourth-order valence-corrected chi connectivity index (χ4v) is 1.76. The number of aryl methyl sites for hydroxylation is 2. The first-order valence-electron chi connectivity index (χ1n) is 4.69. The standard InChI is InChI=1S/C10H10N4O/c1-6-4-7-2-3-9(15)12-10(7)8(5-6)13-14-11/h4-5H,2-3H2,1H3,(H,12,15). The van der Waals surface area contributed by atoms with Gasteiger partial charge >= 0.3 is 0 Å². The van der Waals surface area contributed by atoms with Gasteiger partial charge in [0.15, 0.2) is 0 Å². The molecular weight excluding hydrogens is 192 g/mol. The minimum absolute atomic E-state index is 0.0271. The summed E-state index contributed by atoms with van der Waals surface area (Å²) in [6, 6.07) is 3.77. The van der Waals surface area contributed by atoms with Crippen molar-refractivity contribution in [2.45, 2.75) is 19.8 Å². The maximum atomic E-state index is 11.2. The molecule has 5 heteroatoms. The normalized spacial score (nSPS) is 13.8. The van der Waals surface area contributed by atoms with E-state index in [1.807, 2.05) is 13.0 Å². The van der Waals surface area contributed by atoms with Gasteiger partial charge in [0, 0.05) is 11.3 Å². The van der Waals surface area contributed by atoms with E-state index in [2.05, 4.69) is 15.3 Å². The van der Waals surface area contributed by atoms with Crippen LogP contribution < -0.4 is 5.32 Å². The van der Waals surface area contributed by atoms with E-state index in [0.29, 0.717) is 24.2 Å². The molecule has 0 spiro atoms. The fraction of sp³-hybridized carbons (Fsp3) is 0.300. The topological polar surface area (TPSA) is 77.9 Å². The predicted octanol–water partition coefficient (Wildman–Crippen LogP) is 2.82. The van der Waals surface area contributed by atoms with Crippen LogP contribution in [0.1, 0.15) is 17.5 Å². The molecular formula is C10H10N4O. The van der Waals surface area contributed by atoms with Gasteiger partial charge in [-0.25, -0.2) is 0 Å². The number of amides is 1. The molecule has 1 N–H and O–H groups in total. The lowest BCUT2D eigenvalue weighted by Crippen LogP contribution is -2.19. The van der Waals surface area contributed by atoms with Crippen molar-refractivity contribution in [2.24, 2.45) is 5.11 Å². The van der Waals surface area contributed by atoms with Crippen LogP contribution in [0.3, 0.4) is 0 Å². The minimum Gasteiger partial charge on any atom is -0.325 e. The zero-order valence-electron chi connectivity index (χ0n) is 8.32. The van der Waals surface area contributed by atoms with Crippen LogP contribution in [0.25, 0.3) is 10.4 Å². The van der Waals surface area contributed by atoms with E-state index in [1.54, 1.807) is 6.07 Å². The number of nitrogens with one attached hydrogen (secondary N) is 1. The van der Waals surface area contributed by atoms with Gasteiger partial charge in [0.2, 0.25) is 5.91 Å². The van der Waals surface area contributed by atoms with Crippen molar-refractivity contribution in [2.75, 3.05) is 5.32 Å². The lowest BCUT2D eigenvalue weighted by molar-refractivity contribution is -0.116. The number of carbonyl (C=O) groups is 1. The number of anilines is 1. The van der Waals surface area contributed by atoms with Crippen LogP contribution in [0, 0.1) is 6.92 Å². The van der Waals surface area contributed by atoms with Crippen molar-refractivity contribution in [1.82, 2.24) is 0 Å². The third-order valence-corrected chi connectivity index (χ3v) is 2.38. The van der Waals surface area contributed by atoms with E-state index in [1.165, 1.54) is 0 Å². The van der Waals surface area contributed by atoms with Crippen molar-refractivity contribution in [1.29, 1.82) is 0 Å². The van der Waals surface area contributed by atoms with Crippen LogP contribution in [0.2, 0.25) is 0 Å². The second kappa shape index (κ2) is 3.63. The second-order valence-electron chi connectivity index (χ2n) is 3.56. The number of azide groups is 1. The summed E-state index contributed by atoms with van der Waals surface area (Å²) in [6.45, 7) is 1.94. The third kappa shape index (κ3) is 1.78. The molecule has 0 saturated carbocycles. The monoisotopic (exact) mass is 202 g/mol. The zero-order chi connectivity index (χ0) is 10.8. The lowest BCUT2D eigenvalue weighted by atomic mass is 9.99. The van der Waals surface area contributed by atoms with Gasteiger partial charge in [-0.2, -0.15) is 0 Å². The third-order valence-electron chi connectivity index (χ3n) is 2.38. The highest BCUT2D eigenvalue weighted by Gasteiger charge is 2.17. The summed E-state index contributed by atoms with van der Waals surface area (Å²) in [5.41, 5.74) is 11.7. The molecule has 1 heterocycles. The minimum atomic E-state index is -0.0271. The van der Waals surface area contributed by atoms with Gasteiger partial charge in [-0.05, 0) is 30.5 Å². The predicted molar refractivity (Wildman–Crippen MR) is 56.9 cm³/mol. The summed E-state index contributed by atoms with van der Waals surface area (Å²) in [7, 11) is 0. The molecule has 0 bridgehead atoms. The highest BCUT2D eigenvalue weighted by Crippen LogP contribution is 2.34. The van der Waals surface area contributed by atoms with E-state index in [-0.39, 0.29) is 5.91 Å². The van der Waals surface area contributed by atoms with E-state index in [9.17, 15) is 4.79 Å². The molecule has 76 valence electrons. The molecule has 15 heavy (non-hydrogen) atoms. The highest BCUT2D eigenvalue weighted by molar-refractivity contribution is 5.97. The van der Waals surface area contributed by atoms with Gasteiger partial charge in [-0.3, -0.25) is 4.79 Å². The zero-order valence-corrected chi connectivity index (χ0v) is 8.32. The Bertz CT molecular complexity index is 475. The Morgan fingerprint density at radius 1 is 1.47 bits per heavy atom. The van der Waals surface area contributed by atoms with Gasteiger partial charge in [0.1, 0.15) is 0 Å². The van der Waals surface area contributed by atoms with Gasteiger partial charge in [0.25, 0.3) is 0 Å². The average Bonchev–Trinajstić information content (AvgIpc) is 2.19. The van der Waals surface area contributed by atoms with Crippen LogP contribution in [0.15, 0.2) is 17.2 Å². The Kier molecular flexibility index (Phi) is 2.31. The second-order valence-corrected chi connectivity index (χ2v) is 3.56. The van der Waals surface area contributed by atoms with Crippen molar-refractivity contribution in [3.05, 3.63) is 33.7 Å². The molecule has 1 aromatic carbocycles. The summed E-state index contributed by atoms with van der Waals surface area (Å²) >= 11 is 0. The quantitative estimate of drug-likeness (QED) is 0.424. The van der Waals surface area contributed by atoms with Crippen molar-refractivity contribution in [3.63, 3.8) is 0 Å². The van der Waals surface area contributed by atoms with Crippen molar-refractivity contribution < 1.29 is 4.79 Å². The van der Waals surface area contributed by atoms with Crippen LogP contribution >= 0.6 is 0 Å². The van der Waals surface area contributed by atoms with Gasteiger partial charge < -0.3 is 5.32 Å². The SMILES string of the molecule is Cc1cc2c(c(N=[N+]=[N-])c1)NC(=O)CC2. The Hall–Kier alpha value is -2.00. The number of carbonyl (C=O) groups excluding carboxylic acids is 1. The Morgan fingerprint density at radius 3 is 3.00 bits per heavy atom. The Labute approximate surface area is 86.7 Å². The number of hydrogen-bond acceptors (Lipinski definition) is 2. The first-order valence-corrected chi connectivity index (χ1v) is 4.69. The van der Waals surface area contributed by atoms with Crippen molar-refractivity contribution >= 4 is 17.3 Å². The molecule has 5 nitrogen and oxygen atoms in total. The number of fused-ring (bicyclic) bond motifs is 1. The smallest absolute Gasteiger partial charge is 0.224 e. The van der Waals surface area contributed by atoms with Crippen LogP contribution in [-0.4, -0.2) is 5.91 Å². The first-order chi connectivity index (χ1) is 7.20. The molecule has 1 aliphatic rings. The molecule has 0 atom stereocenters. The van der Waals surface area contributed by atoms with E-state index >= 15 is 0 Å². The maximum absolute atomic E-state index is 11.2. The van der Waals surface area contributed by atoms with Gasteiger partial charge in [0.05, 0.1) is 11.4 Å². The molecule has 1 aromatic rings. The summed E-state index contributed by atoms with van der Waals surface area (Å²) < 4.78 is 0. The average molecular weight is 202 g/mol. The van der Waals surface area contributed by atoms with Crippen LogP contribution in [-0.2, 0) is 11.2 Å². The molecule has 2 rings (SSSR count). The van der Waals surface area contributed by atoms with Gasteiger partial charge in [-0.1, -0.05) is 16.7 Å². The molecule has 1 aliphatic heterocycles. The summed E-state index contributed by atoms with van der Waals surface area (Å²) in [5, 5.41) is 6.32. The maximum Gasteiger partial charge on any atom is 0.224 e. The Morgan fingerprint density at radius 2 is 2.27 bits per heavy atom. The van der Waals surface area contributed by atoms with E-state index in [0.717, 1.165) is 11.1 Å². The summed E-state index contributed by atoms with van der Waals surface area (Å²) in [6.07, 6.45) is 1.20. The molecule has 0 aliphatic carbocycles. The van der Waals surface area contributed by atoms with Crippen molar-refractivity contribution in [3.8, 4) is 0 Å². The first kappa shape index (κ1) is 9.55. The number of nitrogens with zero attached hydrogens (tertiary/aromatic N) is 3. The Balaban J connectivity index is 2.59. The molecule has 0 unspecified atom stereocenters. The van der Waals surface area contributed by atoms with Crippen LogP contribution in [0.5, 0.6) is 0 Å². The summed E-state index contributed by atoms with van der Waals surface area (Å²) in [5.74, 6) is -0.0271. The molecule has 0 aromatic heterocycles. The lowest BCUT2D eigenvalue weighted by Gasteiger charge is -2.19. The summed E-state index contributed by atoms with van der Waals surface area (Å²) in [4.78, 5) is 14.0. The van der Waals surface area contributed by atoms with Crippen LogP contribution in [0.4, 0.5) is 11.4 Å². The molecule has 0 saturated heterocycles. The van der Waals surface area contributed by atoms with Gasteiger partial charge in [-0.15, -0.1) is 0 Å². The number of rotatable bonds is 1. The largest absolute Gasteiger partial charge is 0.325 e. The highest BCUT2D eigenvalue weighted by atomic mass is 16.1. The van der Waals surface area contributed by atoms with E-state index < -0.39 is 0 Å². The fourth-order valence-electron chi connectivity index (χ4n) is 1.76. The number of benzene rings is 1. The van der Waals surface area contributed by atoms with E-state index in [4.69, 9.17) is 5.53 Å². The number of hydrogen-bond donors (Lipinski definition) is 1. The molecule has 0 fully saturated rings. The molecule has 1 amide bonds. The molecule has 0 radical (unpaired) electrons.